The molecule has 1 nitrogen and oxygen atoms in total. The van der Waals surface area contributed by atoms with E-state index in [-0.39, 0.29) is 11.3 Å². The molecule has 0 saturated carbocycles. The van der Waals surface area contributed by atoms with E-state index in [0.717, 1.165) is 22.3 Å². The van der Waals surface area contributed by atoms with Crippen LogP contribution in [0.2, 0.25) is 0 Å². The van der Waals surface area contributed by atoms with Crippen molar-refractivity contribution in [2.45, 2.75) is 34.6 Å². The monoisotopic (exact) mass is 348 g/mol. The lowest BCUT2D eigenvalue weighted by atomic mass is 9.86. The number of benzene rings is 2. The van der Waals surface area contributed by atoms with E-state index in [1.807, 2.05) is 27.7 Å². The van der Waals surface area contributed by atoms with Crippen molar-refractivity contribution in [2.24, 2.45) is 0 Å². The highest BCUT2D eigenvalue weighted by Gasteiger charge is 2.21. The average molecular weight is 349 g/mol. The fraction of sp³-hybridized carbons (Fsp3) is 0.278. The smallest absolute Gasteiger partial charge is 0.196 e. The molecule has 0 aliphatic heterocycles. The Labute approximate surface area is 133 Å². The molecule has 0 heterocycles. The molecule has 2 aromatic rings. The van der Waals surface area contributed by atoms with Crippen LogP contribution in [0.4, 0.5) is 4.39 Å². The molecule has 0 aliphatic carbocycles. The third-order valence-electron chi connectivity index (χ3n) is 4.40. The minimum Gasteiger partial charge on any atom is -0.288 e. The molecule has 2 rings (SSSR count). The highest BCUT2D eigenvalue weighted by Crippen LogP contribution is 2.29. The first-order valence-electron chi connectivity index (χ1n) is 6.82. The maximum Gasteiger partial charge on any atom is 0.196 e. The van der Waals surface area contributed by atoms with Gasteiger partial charge in [0, 0.05) is 10.0 Å². The summed E-state index contributed by atoms with van der Waals surface area (Å²) in [5.74, 6) is -0.745. The van der Waals surface area contributed by atoms with E-state index < -0.39 is 5.82 Å². The zero-order valence-electron chi connectivity index (χ0n) is 12.9. The van der Waals surface area contributed by atoms with Crippen molar-refractivity contribution in [1.82, 2.24) is 0 Å². The molecule has 0 unspecified atom stereocenters. The molecule has 0 bridgehead atoms. The third-order valence-corrected chi connectivity index (χ3v) is 4.90. The second kappa shape index (κ2) is 5.72. The highest BCUT2D eigenvalue weighted by atomic mass is 79.9. The lowest BCUT2D eigenvalue weighted by molar-refractivity contribution is 0.103. The first-order chi connectivity index (χ1) is 9.75. The Bertz CT molecular complexity index is 718. The summed E-state index contributed by atoms with van der Waals surface area (Å²) in [6, 6.07) is 4.55. The molecule has 0 aliphatic rings. The molecule has 0 radical (unpaired) electrons. The van der Waals surface area contributed by atoms with Crippen LogP contribution in [-0.4, -0.2) is 5.78 Å². The van der Waals surface area contributed by atoms with Gasteiger partial charge in [-0.15, -0.1) is 0 Å². The van der Waals surface area contributed by atoms with Crippen molar-refractivity contribution in [3.8, 4) is 0 Å². The minimum atomic E-state index is -0.496. The van der Waals surface area contributed by atoms with Crippen LogP contribution in [-0.2, 0) is 0 Å². The fourth-order valence-electron chi connectivity index (χ4n) is 2.65. The lowest BCUT2D eigenvalue weighted by Gasteiger charge is -2.18. The van der Waals surface area contributed by atoms with Crippen molar-refractivity contribution in [3.05, 3.63) is 67.4 Å². The van der Waals surface area contributed by atoms with E-state index >= 15 is 0 Å². The molecule has 0 atom stereocenters. The number of carbonyl (C=O) groups is 1. The number of halogens is 2. The van der Waals surface area contributed by atoms with Crippen molar-refractivity contribution >= 4 is 21.7 Å². The van der Waals surface area contributed by atoms with Gasteiger partial charge >= 0.3 is 0 Å². The Hall–Kier alpha value is -1.48. The van der Waals surface area contributed by atoms with E-state index in [0.29, 0.717) is 10.0 Å². The maximum atomic E-state index is 14.1. The topological polar surface area (TPSA) is 17.1 Å². The van der Waals surface area contributed by atoms with Gasteiger partial charge < -0.3 is 0 Å². The van der Waals surface area contributed by atoms with Crippen molar-refractivity contribution < 1.29 is 9.18 Å². The van der Waals surface area contributed by atoms with Gasteiger partial charge in [-0.1, -0.05) is 15.9 Å². The lowest BCUT2D eigenvalue weighted by Crippen LogP contribution is -2.12. The molecule has 2 aromatic carbocycles. The van der Waals surface area contributed by atoms with E-state index in [2.05, 4.69) is 22.9 Å². The molecule has 0 N–H and O–H groups in total. The molecular weight excluding hydrogens is 331 g/mol. The average Bonchev–Trinajstić information content (AvgIpc) is 2.43. The molecular formula is C18H18BrFO. The molecule has 0 saturated heterocycles. The Kier molecular flexibility index (Phi) is 4.33. The van der Waals surface area contributed by atoms with Gasteiger partial charge in [-0.3, -0.25) is 4.79 Å². The summed E-state index contributed by atoms with van der Waals surface area (Å²) in [7, 11) is 0. The second-order valence-electron chi connectivity index (χ2n) is 5.45. The summed E-state index contributed by atoms with van der Waals surface area (Å²) in [5, 5.41) is 0. The second-order valence-corrected chi connectivity index (χ2v) is 6.37. The normalized spacial score (nSPS) is 10.8. The van der Waals surface area contributed by atoms with Crippen LogP contribution in [0.5, 0.6) is 0 Å². The third kappa shape index (κ3) is 2.67. The van der Waals surface area contributed by atoms with Gasteiger partial charge in [0.1, 0.15) is 5.82 Å². The van der Waals surface area contributed by atoms with Crippen LogP contribution in [0.25, 0.3) is 0 Å². The van der Waals surface area contributed by atoms with Crippen molar-refractivity contribution in [1.29, 1.82) is 0 Å². The highest BCUT2D eigenvalue weighted by molar-refractivity contribution is 9.10. The molecule has 0 spiro atoms. The standard InChI is InChI=1S/C18H18BrFO/c1-9-10(2)12(4)17(13(5)11(9)3)18(21)15-7-6-14(19)8-16(15)20/h6-8H,1-5H3. The van der Waals surface area contributed by atoms with E-state index in [1.165, 1.54) is 17.7 Å². The van der Waals surface area contributed by atoms with Gasteiger partial charge in [0.15, 0.2) is 5.78 Å². The van der Waals surface area contributed by atoms with Crippen LogP contribution in [0, 0.1) is 40.4 Å². The SMILES string of the molecule is Cc1c(C)c(C)c(C(=O)c2ccc(Br)cc2F)c(C)c1C. The maximum absolute atomic E-state index is 14.1. The Morgan fingerprint density at radius 3 is 1.86 bits per heavy atom. The molecule has 0 amide bonds. The van der Waals surface area contributed by atoms with Gasteiger partial charge in [0.05, 0.1) is 5.56 Å². The number of hydrogen-bond acceptors (Lipinski definition) is 1. The quantitative estimate of drug-likeness (QED) is 0.667. The fourth-order valence-corrected chi connectivity index (χ4v) is 2.98. The minimum absolute atomic E-state index is 0.118. The van der Waals surface area contributed by atoms with E-state index in [1.54, 1.807) is 6.07 Å². The Balaban J connectivity index is 2.70. The summed E-state index contributed by atoms with van der Waals surface area (Å²) >= 11 is 3.21. The Morgan fingerprint density at radius 1 is 0.905 bits per heavy atom. The summed E-state index contributed by atoms with van der Waals surface area (Å²) in [6.45, 7) is 9.92. The predicted octanol–water partition coefficient (Wildman–Crippen LogP) is 5.36. The summed E-state index contributed by atoms with van der Waals surface area (Å²) < 4.78 is 14.7. The number of carbonyl (C=O) groups excluding carboxylic acids is 1. The van der Waals surface area contributed by atoms with Crippen LogP contribution in [0.15, 0.2) is 22.7 Å². The van der Waals surface area contributed by atoms with Crippen LogP contribution >= 0.6 is 15.9 Å². The summed E-state index contributed by atoms with van der Waals surface area (Å²) in [4.78, 5) is 12.8. The number of ketones is 1. The van der Waals surface area contributed by atoms with Gasteiger partial charge in [0.2, 0.25) is 0 Å². The molecule has 110 valence electrons. The zero-order chi connectivity index (χ0) is 15.9. The van der Waals surface area contributed by atoms with Gasteiger partial charge in [-0.25, -0.2) is 4.39 Å². The number of rotatable bonds is 2. The van der Waals surface area contributed by atoms with Crippen molar-refractivity contribution in [3.63, 3.8) is 0 Å². The van der Waals surface area contributed by atoms with Crippen LogP contribution < -0.4 is 0 Å². The largest absolute Gasteiger partial charge is 0.288 e. The molecule has 0 aromatic heterocycles. The zero-order valence-corrected chi connectivity index (χ0v) is 14.5. The number of hydrogen-bond donors (Lipinski definition) is 0. The van der Waals surface area contributed by atoms with Crippen molar-refractivity contribution in [2.75, 3.05) is 0 Å². The first-order valence-corrected chi connectivity index (χ1v) is 7.61. The first kappa shape index (κ1) is 15.9. The summed E-state index contributed by atoms with van der Waals surface area (Å²) in [5.41, 5.74) is 5.99. The van der Waals surface area contributed by atoms with E-state index in [4.69, 9.17) is 0 Å². The van der Waals surface area contributed by atoms with Crippen LogP contribution in [0.1, 0.15) is 43.7 Å². The molecule has 3 heteroatoms. The molecule has 21 heavy (non-hydrogen) atoms. The predicted molar refractivity (Wildman–Crippen MR) is 87.7 cm³/mol. The Morgan fingerprint density at radius 2 is 1.38 bits per heavy atom. The van der Waals surface area contributed by atoms with Gasteiger partial charge in [-0.2, -0.15) is 0 Å². The van der Waals surface area contributed by atoms with Crippen LogP contribution in [0.3, 0.4) is 0 Å². The van der Waals surface area contributed by atoms with E-state index in [9.17, 15) is 9.18 Å². The van der Waals surface area contributed by atoms with Gasteiger partial charge in [-0.05, 0) is 80.6 Å². The molecule has 0 fully saturated rings. The van der Waals surface area contributed by atoms with Gasteiger partial charge in [0.25, 0.3) is 0 Å². The summed E-state index contributed by atoms with van der Waals surface area (Å²) in [6.07, 6.45) is 0.